The van der Waals surface area contributed by atoms with Crippen molar-refractivity contribution in [3.8, 4) is 0 Å². The van der Waals surface area contributed by atoms with Gasteiger partial charge in [-0.15, -0.1) is 0 Å². The van der Waals surface area contributed by atoms with E-state index < -0.39 is 0 Å². The molecule has 1 aliphatic carbocycles. The van der Waals surface area contributed by atoms with Crippen LogP contribution in [-0.2, 0) is 19.3 Å². The predicted molar refractivity (Wildman–Crippen MR) is 152 cm³/mol. The molecule has 0 amide bonds. The molecule has 0 aliphatic heterocycles. The second kappa shape index (κ2) is 9.01. The highest BCUT2D eigenvalue weighted by atomic mass is 19.2. The van der Waals surface area contributed by atoms with E-state index >= 15 is 4.48 Å². The lowest BCUT2D eigenvalue weighted by atomic mass is 9.86. The van der Waals surface area contributed by atoms with Gasteiger partial charge < -0.3 is 0 Å². The number of hydrogen-bond acceptors (Lipinski definition) is 2. The van der Waals surface area contributed by atoms with Gasteiger partial charge in [-0.1, -0.05) is 77.3 Å². The first-order valence-corrected chi connectivity index (χ1v) is 13.1. The second-order valence-corrected chi connectivity index (χ2v) is 10.1. The third-order valence-corrected chi connectivity index (χ3v) is 7.89. The van der Waals surface area contributed by atoms with Crippen LogP contribution in [0.15, 0.2) is 103 Å². The maximum absolute atomic E-state index is 16.9. The molecular formula is C34H27FN2. The second-order valence-electron chi connectivity index (χ2n) is 10.1. The summed E-state index contributed by atoms with van der Waals surface area (Å²) in [6, 6.07) is 31.0. The summed E-state index contributed by atoms with van der Waals surface area (Å²) in [5, 5.41) is 7.51. The Labute approximate surface area is 215 Å². The zero-order chi connectivity index (χ0) is 24.8. The van der Waals surface area contributed by atoms with Gasteiger partial charge in [-0.3, -0.25) is 4.98 Å². The Morgan fingerprint density at radius 3 is 2.32 bits per heavy atom. The van der Waals surface area contributed by atoms with Gasteiger partial charge in [0.2, 0.25) is 0 Å². The van der Waals surface area contributed by atoms with Gasteiger partial charge in [0.05, 0.1) is 11.4 Å². The van der Waals surface area contributed by atoms with E-state index in [1.54, 1.807) is 6.20 Å². The van der Waals surface area contributed by atoms with Crippen molar-refractivity contribution in [2.24, 2.45) is 0 Å². The fourth-order valence-electron chi connectivity index (χ4n) is 6.11. The van der Waals surface area contributed by atoms with Crippen LogP contribution < -0.4 is 5.12 Å². The van der Waals surface area contributed by atoms with Gasteiger partial charge in [-0.2, -0.15) is 5.12 Å². The van der Waals surface area contributed by atoms with Crippen LogP contribution in [0.2, 0.25) is 0 Å². The average molecular weight is 483 g/mol. The standard InChI is InChI=1S/C34H27FN2/c35-37(33-18-16-25-10-2-4-12-27(25)32(33)20-23-8-7-19-36-22-23)34-21-31-26-11-3-1-9-24(26)15-17-29(31)28-13-5-6-14-30(28)34/h2,4-8,10,12-19,21-22H,1,3,9,11,20H2. The molecular weight excluding hydrogens is 455 g/mol. The number of rotatable bonds is 4. The quantitative estimate of drug-likeness (QED) is 0.184. The van der Waals surface area contributed by atoms with Crippen LogP contribution in [0.1, 0.15) is 35.1 Å². The SMILES string of the molecule is FN(c1ccc2ccccc2c1Cc1cccnc1)c1cc2c3c(ccc2c2ccccc12)CCCC3. The Morgan fingerprint density at radius 1 is 0.676 bits per heavy atom. The van der Waals surface area contributed by atoms with Crippen molar-refractivity contribution in [3.63, 3.8) is 0 Å². The first kappa shape index (κ1) is 22.0. The highest BCUT2D eigenvalue weighted by molar-refractivity contribution is 6.14. The summed E-state index contributed by atoms with van der Waals surface area (Å²) in [5.74, 6) is 0. The van der Waals surface area contributed by atoms with E-state index in [9.17, 15) is 0 Å². The monoisotopic (exact) mass is 482 g/mol. The summed E-state index contributed by atoms with van der Waals surface area (Å²) in [7, 11) is 0. The van der Waals surface area contributed by atoms with E-state index in [-0.39, 0.29) is 0 Å². The number of benzene rings is 5. The van der Waals surface area contributed by atoms with Crippen molar-refractivity contribution < 1.29 is 4.48 Å². The summed E-state index contributed by atoms with van der Waals surface area (Å²) in [4.78, 5) is 4.30. The largest absolute Gasteiger partial charge is 0.264 e. The van der Waals surface area contributed by atoms with Gasteiger partial charge in [0.25, 0.3) is 0 Å². The van der Waals surface area contributed by atoms with Crippen molar-refractivity contribution in [1.29, 1.82) is 0 Å². The third kappa shape index (κ3) is 3.74. The fraction of sp³-hybridized carbons (Fsp3) is 0.147. The van der Waals surface area contributed by atoms with Crippen molar-refractivity contribution >= 4 is 43.7 Å². The van der Waals surface area contributed by atoms with Gasteiger partial charge >= 0.3 is 0 Å². The Kier molecular flexibility index (Phi) is 5.35. The Hall–Kier alpha value is -4.24. The van der Waals surface area contributed by atoms with Crippen molar-refractivity contribution in [3.05, 3.63) is 126 Å². The van der Waals surface area contributed by atoms with Crippen molar-refractivity contribution in [2.45, 2.75) is 32.1 Å². The summed E-state index contributed by atoms with van der Waals surface area (Å²) < 4.78 is 16.9. The van der Waals surface area contributed by atoms with E-state index in [2.05, 4.69) is 53.5 Å². The molecule has 180 valence electrons. The molecule has 0 bridgehead atoms. The number of nitrogens with zero attached hydrogens (tertiary/aromatic N) is 2. The molecule has 1 aliphatic rings. The highest BCUT2D eigenvalue weighted by Crippen LogP contribution is 2.43. The van der Waals surface area contributed by atoms with Gasteiger partial charge in [0.1, 0.15) is 0 Å². The van der Waals surface area contributed by atoms with Crippen LogP contribution in [0, 0.1) is 0 Å². The highest BCUT2D eigenvalue weighted by Gasteiger charge is 2.21. The number of fused-ring (bicyclic) bond motifs is 6. The zero-order valence-corrected chi connectivity index (χ0v) is 20.6. The maximum Gasteiger partial charge on any atom is 0.0831 e. The topological polar surface area (TPSA) is 16.1 Å². The number of aromatic nitrogens is 1. The molecule has 0 fully saturated rings. The Balaban J connectivity index is 1.48. The molecule has 1 aromatic heterocycles. The van der Waals surface area contributed by atoms with Crippen LogP contribution in [0.25, 0.3) is 32.3 Å². The molecule has 0 radical (unpaired) electrons. The molecule has 0 saturated heterocycles. The Bertz CT molecular complexity index is 1770. The van der Waals surface area contributed by atoms with Crippen LogP contribution in [0.3, 0.4) is 0 Å². The lowest BCUT2D eigenvalue weighted by Gasteiger charge is -2.24. The van der Waals surface area contributed by atoms with Crippen LogP contribution in [-0.4, -0.2) is 4.98 Å². The molecule has 6 aromatic rings. The molecule has 0 spiro atoms. The molecule has 0 unspecified atom stereocenters. The van der Waals surface area contributed by atoms with Crippen molar-refractivity contribution in [2.75, 3.05) is 5.12 Å². The van der Waals surface area contributed by atoms with Gasteiger partial charge in [-0.25, -0.2) is 0 Å². The molecule has 1 heterocycles. The summed E-state index contributed by atoms with van der Waals surface area (Å²) in [6.45, 7) is 0. The van der Waals surface area contributed by atoms with Gasteiger partial charge in [0, 0.05) is 24.2 Å². The van der Waals surface area contributed by atoms with E-state index in [4.69, 9.17) is 0 Å². The summed E-state index contributed by atoms with van der Waals surface area (Å²) >= 11 is 0. The molecule has 37 heavy (non-hydrogen) atoms. The van der Waals surface area contributed by atoms with E-state index in [0.29, 0.717) is 17.8 Å². The number of hydrogen-bond donors (Lipinski definition) is 0. The molecule has 7 rings (SSSR count). The molecule has 5 aromatic carbocycles. The minimum absolute atomic E-state index is 0.580. The van der Waals surface area contributed by atoms with E-state index in [1.807, 2.05) is 48.7 Å². The number of aryl methyl sites for hydroxylation is 2. The van der Waals surface area contributed by atoms with Gasteiger partial charge in [-0.05, 0) is 93.1 Å². The number of pyridine rings is 1. The molecule has 3 heteroatoms. The number of halogens is 1. The smallest absolute Gasteiger partial charge is 0.0831 e. The molecule has 0 N–H and O–H groups in total. The predicted octanol–water partition coefficient (Wildman–Crippen LogP) is 9.03. The minimum atomic E-state index is 0.580. The molecule has 0 atom stereocenters. The third-order valence-electron chi connectivity index (χ3n) is 7.89. The molecule has 2 nitrogen and oxygen atoms in total. The molecule has 0 saturated carbocycles. The Morgan fingerprint density at radius 2 is 1.46 bits per heavy atom. The summed E-state index contributed by atoms with van der Waals surface area (Å²) in [5.41, 5.74) is 6.01. The van der Waals surface area contributed by atoms with Crippen molar-refractivity contribution in [1.82, 2.24) is 4.98 Å². The average Bonchev–Trinajstić information content (AvgIpc) is 2.97. The lowest BCUT2D eigenvalue weighted by Crippen LogP contribution is -2.09. The van der Waals surface area contributed by atoms with Crippen LogP contribution in [0.5, 0.6) is 0 Å². The van der Waals surface area contributed by atoms with Crippen LogP contribution in [0.4, 0.5) is 15.9 Å². The number of anilines is 2. The maximum atomic E-state index is 16.9. The lowest BCUT2D eigenvalue weighted by molar-refractivity contribution is 0.506. The fourth-order valence-corrected chi connectivity index (χ4v) is 6.11. The van der Waals surface area contributed by atoms with E-state index in [0.717, 1.165) is 50.6 Å². The normalized spacial score (nSPS) is 13.2. The van der Waals surface area contributed by atoms with Gasteiger partial charge in [0.15, 0.2) is 0 Å². The first-order valence-electron chi connectivity index (χ1n) is 13.1. The zero-order valence-electron chi connectivity index (χ0n) is 20.6. The minimum Gasteiger partial charge on any atom is -0.264 e. The van der Waals surface area contributed by atoms with E-state index in [1.165, 1.54) is 34.7 Å². The van der Waals surface area contributed by atoms with Crippen LogP contribution >= 0.6 is 0 Å². The summed E-state index contributed by atoms with van der Waals surface area (Å²) in [6.07, 6.45) is 8.82. The first-order chi connectivity index (χ1) is 18.3.